The van der Waals surface area contributed by atoms with Gasteiger partial charge >= 0.3 is 0 Å². The van der Waals surface area contributed by atoms with Gasteiger partial charge in [-0.25, -0.2) is 0 Å². The Morgan fingerprint density at radius 1 is 0.625 bits per heavy atom. The molecule has 0 aromatic heterocycles. The summed E-state index contributed by atoms with van der Waals surface area (Å²) in [6, 6.07) is 0. The number of rotatable bonds is 4. The Balaban J connectivity index is 5.30. The predicted octanol–water partition coefficient (Wildman–Crippen LogP) is 2.02. The van der Waals surface area contributed by atoms with E-state index in [2.05, 4.69) is 0 Å². The minimum atomic E-state index is -0.843. The zero-order valence-corrected chi connectivity index (χ0v) is 12.3. The van der Waals surface area contributed by atoms with Gasteiger partial charge in [0.1, 0.15) is 0 Å². The van der Waals surface area contributed by atoms with E-state index in [9.17, 15) is 10.2 Å². The summed E-state index contributed by atoms with van der Waals surface area (Å²) in [5.74, 6) is 0. The number of likely N-dealkylation sites (N-methyl/N-ethyl adjacent to an activating group) is 1. The van der Waals surface area contributed by atoms with Crippen molar-refractivity contribution in [1.29, 1.82) is 0 Å². The molecule has 3 nitrogen and oxygen atoms in total. The standard InChI is InChI=1S/C13H29NO2/c1-10(2,12(5,6)15)14(9)11(3,4)13(7,8)16/h15-16H,1-9H3. The van der Waals surface area contributed by atoms with Crippen molar-refractivity contribution >= 4 is 0 Å². The number of nitrogens with zero attached hydrogens (tertiary/aromatic N) is 1. The highest BCUT2D eigenvalue weighted by Gasteiger charge is 2.49. The summed E-state index contributed by atoms with van der Waals surface area (Å²) in [4.78, 5) is 2.04. The van der Waals surface area contributed by atoms with Crippen LogP contribution in [0.4, 0.5) is 0 Å². The van der Waals surface area contributed by atoms with Crippen LogP contribution in [0.3, 0.4) is 0 Å². The highest BCUT2D eigenvalue weighted by atomic mass is 16.3. The molecule has 98 valence electrons. The van der Waals surface area contributed by atoms with E-state index in [1.807, 2.05) is 39.6 Å². The molecule has 0 unspecified atom stereocenters. The zero-order valence-electron chi connectivity index (χ0n) is 12.3. The predicted molar refractivity (Wildman–Crippen MR) is 68.5 cm³/mol. The molecule has 0 aromatic rings. The average molecular weight is 231 g/mol. The monoisotopic (exact) mass is 231 g/mol. The van der Waals surface area contributed by atoms with Crippen molar-refractivity contribution in [1.82, 2.24) is 4.90 Å². The highest BCUT2D eigenvalue weighted by Crippen LogP contribution is 2.37. The van der Waals surface area contributed by atoms with Crippen LogP contribution in [-0.2, 0) is 0 Å². The SMILES string of the molecule is CN(C(C)(C)C(C)(C)O)C(C)(C)C(C)(C)O. The Kier molecular flexibility index (Phi) is 3.94. The Hall–Kier alpha value is -0.120. The van der Waals surface area contributed by atoms with Gasteiger partial charge in [0.25, 0.3) is 0 Å². The van der Waals surface area contributed by atoms with Crippen LogP contribution in [0.1, 0.15) is 55.4 Å². The summed E-state index contributed by atoms with van der Waals surface area (Å²) in [6.45, 7) is 15.1. The van der Waals surface area contributed by atoms with Gasteiger partial charge in [-0.3, -0.25) is 4.90 Å². The van der Waals surface area contributed by atoms with Gasteiger partial charge in [0, 0.05) is 11.1 Å². The van der Waals surface area contributed by atoms with Gasteiger partial charge in [-0.1, -0.05) is 0 Å². The van der Waals surface area contributed by atoms with E-state index in [1.165, 1.54) is 0 Å². The van der Waals surface area contributed by atoms with Crippen LogP contribution >= 0.6 is 0 Å². The summed E-state index contributed by atoms with van der Waals surface area (Å²) in [6.07, 6.45) is 0. The van der Waals surface area contributed by atoms with E-state index in [0.29, 0.717) is 0 Å². The quantitative estimate of drug-likeness (QED) is 0.778. The molecule has 3 heteroatoms. The topological polar surface area (TPSA) is 43.7 Å². The van der Waals surface area contributed by atoms with Gasteiger partial charge in [-0.2, -0.15) is 0 Å². The van der Waals surface area contributed by atoms with Crippen LogP contribution in [0.15, 0.2) is 0 Å². The van der Waals surface area contributed by atoms with Gasteiger partial charge in [-0.05, 0) is 62.4 Å². The molecular formula is C13H29NO2. The van der Waals surface area contributed by atoms with Crippen molar-refractivity contribution in [3.63, 3.8) is 0 Å². The van der Waals surface area contributed by atoms with E-state index in [0.717, 1.165) is 0 Å². The lowest BCUT2D eigenvalue weighted by Gasteiger charge is -2.55. The third kappa shape index (κ3) is 2.58. The van der Waals surface area contributed by atoms with E-state index in [4.69, 9.17) is 0 Å². The maximum Gasteiger partial charge on any atom is 0.0769 e. The third-order valence-corrected chi connectivity index (χ3v) is 4.67. The first-order chi connectivity index (χ1) is 6.65. The van der Waals surface area contributed by atoms with Crippen molar-refractivity contribution in [2.45, 2.75) is 77.7 Å². The molecule has 0 atom stereocenters. The molecule has 0 spiro atoms. The van der Waals surface area contributed by atoms with Gasteiger partial charge in [-0.15, -0.1) is 0 Å². The smallest absolute Gasteiger partial charge is 0.0769 e. The minimum Gasteiger partial charge on any atom is -0.389 e. The molecule has 0 aliphatic rings. The highest BCUT2D eigenvalue weighted by molar-refractivity contribution is 5.04. The Labute approximate surface area is 100 Å². The largest absolute Gasteiger partial charge is 0.389 e. The fourth-order valence-electron chi connectivity index (χ4n) is 1.52. The lowest BCUT2D eigenvalue weighted by Crippen LogP contribution is -2.68. The van der Waals surface area contributed by atoms with Crippen molar-refractivity contribution in [2.75, 3.05) is 7.05 Å². The molecule has 0 fully saturated rings. The fourth-order valence-corrected chi connectivity index (χ4v) is 1.52. The van der Waals surface area contributed by atoms with Gasteiger partial charge in [0.2, 0.25) is 0 Å². The second-order valence-corrected chi connectivity index (χ2v) is 6.80. The van der Waals surface area contributed by atoms with E-state index in [-0.39, 0.29) is 0 Å². The molecule has 0 saturated heterocycles. The van der Waals surface area contributed by atoms with Crippen molar-refractivity contribution in [3.8, 4) is 0 Å². The van der Waals surface area contributed by atoms with Gasteiger partial charge < -0.3 is 10.2 Å². The first-order valence-electron chi connectivity index (χ1n) is 5.84. The molecular weight excluding hydrogens is 202 g/mol. The van der Waals surface area contributed by atoms with Gasteiger partial charge in [0.05, 0.1) is 11.2 Å². The molecule has 0 bridgehead atoms. The second-order valence-electron chi connectivity index (χ2n) is 6.80. The summed E-state index contributed by atoms with van der Waals surface area (Å²) in [7, 11) is 1.94. The second kappa shape index (κ2) is 3.97. The summed E-state index contributed by atoms with van der Waals surface area (Å²) in [5, 5.41) is 20.4. The molecule has 0 amide bonds. The molecule has 2 N–H and O–H groups in total. The van der Waals surface area contributed by atoms with Crippen LogP contribution in [-0.4, -0.2) is 44.4 Å². The molecule has 0 rings (SSSR count). The first kappa shape index (κ1) is 15.9. The molecule has 0 aliphatic heterocycles. The Morgan fingerprint density at radius 2 is 0.812 bits per heavy atom. The van der Waals surface area contributed by atoms with Crippen LogP contribution in [0.25, 0.3) is 0 Å². The summed E-state index contributed by atoms with van der Waals surface area (Å²) in [5.41, 5.74) is -2.55. The summed E-state index contributed by atoms with van der Waals surface area (Å²) >= 11 is 0. The number of hydrogen-bond acceptors (Lipinski definition) is 3. The third-order valence-electron chi connectivity index (χ3n) is 4.67. The molecule has 16 heavy (non-hydrogen) atoms. The average Bonchev–Trinajstić information content (AvgIpc) is 1.98. The molecule has 0 saturated carbocycles. The van der Waals surface area contributed by atoms with Crippen LogP contribution < -0.4 is 0 Å². The van der Waals surface area contributed by atoms with Crippen molar-refractivity contribution < 1.29 is 10.2 Å². The van der Waals surface area contributed by atoms with Crippen LogP contribution in [0, 0.1) is 0 Å². The van der Waals surface area contributed by atoms with E-state index in [1.54, 1.807) is 27.7 Å². The fraction of sp³-hybridized carbons (Fsp3) is 1.00. The maximum absolute atomic E-state index is 10.2. The maximum atomic E-state index is 10.2. The van der Waals surface area contributed by atoms with E-state index < -0.39 is 22.3 Å². The Morgan fingerprint density at radius 3 is 0.938 bits per heavy atom. The van der Waals surface area contributed by atoms with Crippen molar-refractivity contribution in [3.05, 3.63) is 0 Å². The lowest BCUT2D eigenvalue weighted by molar-refractivity contribution is -0.148. The Bertz CT molecular complexity index is 218. The van der Waals surface area contributed by atoms with Gasteiger partial charge in [0.15, 0.2) is 0 Å². The lowest BCUT2D eigenvalue weighted by atomic mass is 9.76. The minimum absolute atomic E-state index is 0.434. The zero-order chi connectivity index (χ0) is 13.6. The first-order valence-corrected chi connectivity index (χ1v) is 5.84. The molecule has 0 radical (unpaired) electrons. The summed E-state index contributed by atoms with van der Waals surface area (Å²) < 4.78 is 0. The number of hydrogen-bond donors (Lipinski definition) is 2. The molecule has 0 heterocycles. The van der Waals surface area contributed by atoms with Crippen LogP contribution in [0.5, 0.6) is 0 Å². The molecule has 0 aromatic carbocycles. The molecule has 0 aliphatic carbocycles. The normalized spacial score (nSPS) is 15.8. The van der Waals surface area contributed by atoms with Crippen molar-refractivity contribution in [2.24, 2.45) is 0 Å². The number of aliphatic hydroxyl groups is 2. The van der Waals surface area contributed by atoms with E-state index >= 15 is 0 Å². The van der Waals surface area contributed by atoms with Crippen LogP contribution in [0.2, 0.25) is 0 Å².